The molecule has 1 rings (SSSR count). The second-order valence-corrected chi connectivity index (χ2v) is 3.09. The van der Waals surface area contributed by atoms with Crippen LogP contribution in [0.5, 0.6) is 0 Å². The number of nitrogens with one attached hydrogen (secondary N) is 1. The smallest absolute Gasteiger partial charge is 0.263 e. The van der Waals surface area contributed by atoms with Crippen molar-refractivity contribution in [1.29, 1.82) is 0 Å². The molecule has 90 valence electrons. The van der Waals surface area contributed by atoms with Gasteiger partial charge in [0.05, 0.1) is 0 Å². The quantitative estimate of drug-likeness (QED) is 0.847. The number of aromatic nitrogens is 1. The van der Waals surface area contributed by atoms with Crippen molar-refractivity contribution in [2.75, 3.05) is 6.54 Å². The van der Waals surface area contributed by atoms with Crippen molar-refractivity contribution < 1.29 is 4.79 Å². The molecule has 0 aliphatic carbocycles. The molecule has 1 amide bonds. The number of amides is 1. The van der Waals surface area contributed by atoms with Crippen LogP contribution >= 0.6 is 0 Å². The van der Waals surface area contributed by atoms with Crippen molar-refractivity contribution in [3.8, 4) is 0 Å². The van der Waals surface area contributed by atoms with Gasteiger partial charge in [-0.15, -0.1) is 0 Å². The molecule has 0 bridgehead atoms. The molecule has 4 nitrogen and oxygen atoms in total. The van der Waals surface area contributed by atoms with E-state index in [0.717, 1.165) is 6.42 Å². The average molecular weight is 224 g/mol. The number of carbonyl (C=O) groups excluding carboxylic acids is 1. The Balaban J connectivity index is 0.00000106. The molecular formula is C12H20N2O2. The first kappa shape index (κ1) is 14.4. The molecule has 1 heterocycles. The lowest BCUT2D eigenvalue weighted by Gasteiger charge is -2.03. The Bertz CT molecular complexity index is 383. The minimum Gasteiger partial charge on any atom is -0.352 e. The van der Waals surface area contributed by atoms with Crippen molar-refractivity contribution >= 4 is 5.91 Å². The van der Waals surface area contributed by atoms with E-state index < -0.39 is 0 Å². The normalized spacial score (nSPS) is 9.00. The highest BCUT2D eigenvalue weighted by atomic mass is 16.2. The fraction of sp³-hybridized carbons (Fsp3) is 0.500. The molecule has 0 radical (unpaired) electrons. The summed E-state index contributed by atoms with van der Waals surface area (Å²) in [5.74, 6) is -0.298. The highest BCUT2D eigenvalue weighted by molar-refractivity contribution is 5.93. The molecule has 0 atom stereocenters. The van der Waals surface area contributed by atoms with Gasteiger partial charge >= 0.3 is 0 Å². The van der Waals surface area contributed by atoms with Crippen LogP contribution in [-0.2, 0) is 7.05 Å². The zero-order chi connectivity index (χ0) is 12.6. The van der Waals surface area contributed by atoms with Crippen LogP contribution in [0.3, 0.4) is 0 Å². The third-order valence-electron chi connectivity index (χ3n) is 1.90. The summed E-state index contributed by atoms with van der Waals surface area (Å²) in [5, 5.41) is 2.66. The third-order valence-corrected chi connectivity index (χ3v) is 1.90. The Kier molecular flexibility index (Phi) is 6.92. The van der Waals surface area contributed by atoms with Crippen LogP contribution in [0.1, 0.15) is 37.6 Å². The molecule has 0 aromatic carbocycles. The minimum atomic E-state index is -0.298. The van der Waals surface area contributed by atoms with E-state index in [4.69, 9.17) is 0 Å². The van der Waals surface area contributed by atoms with E-state index in [0.29, 0.717) is 6.54 Å². The summed E-state index contributed by atoms with van der Waals surface area (Å²) in [6, 6.07) is 3.22. The first-order valence-corrected chi connectivity index (χ1v) is 5.60. The van der Waals surface area contributed by atoms with Gasteiger partial charge in [-0.25, -0.2) is 0 Å². The van der Waals surface area contributed by atoms with Crippen molar-refractivity contribution in [2.24, 2.45) is 7.05 Å². The lowest BCUT2D eigenvalue weighted by molar-refractivity contribution is 0.0951. The maximum atomic E-state index is 11.5. The van der Waals surface area contributed by atoms with Crippen LogP contribution in [0.25, 0.3) is 0 Å². The minimum absolute atomic E-state index is 0.198. The maximum Gasteiger partial charge on any atom is 0.263 e. The van der Waals surface area contributed by atoms with Crippen molar-refractivity contribution in [1.82, 2.24) is 9.88 Å². The summed E-state index contributed by atoms with van der Waals surface area (Å²) in [7, 11) is 1.62. The van der Waals surface area contributed by atoms with E-state index in [-0.39, 0.29) is 17.0 Å². The monoisotopic (exact) mass is 224 g/mol. The third kappa shape index (κ3) is 3.88. The number of pyridine rings is 1. The Morgan fingerprint density at radius 2 is 2.06 bits per heavy atom. The largest absolute Gasteiger partial charge is 0.352 e. The first-order valence-electron chi connectivity index (χ1n) is 5.60. The SMILES string of the molecule is CC.CCCNC(=O)c1cccn(C)c1=O. The number of nitrogens with zero attached hydrogens (tertiary/aromatic N) is 1. The van der Waals surface area contributed by atoms with Crippen LogP contribution in [0.2, 0.25) is 0 Å². The van der Waals surface area contributed by atoms with Gasteiger partial charge in [0.15, 0.2) is 0 Å². The van der Waals surface area contributed by atoms with Crippen molar-refractivity contribution in [3.05, 3.63) is 34.2 Å². The second kappa shape index (κ2) is 7.68. The van der Waals surface area contributed by atoms with Crippen LogP contribution in [0.4, 0.5) is 0 Å². The molecule has 0 spiro atoms. The summed E-state index contributed by atoms with van der Waals surface area (Å²) >= 11 is 0. The van der Waals surface area contributed by atoms with Gasteiger partial charge in [-0.05, 0) is 18.6 Å². The lowest BCUT2D eigenvalue weighted by atomic mass is 10.2. The lowest BCUT2D eigenvalue weighted by Crippen LogP contribution is -2.32. The molecule has 0 fully saturated rings. The number of aryl methyl sites for hydroxylation is 1. The molecule has 1 N–H and O–H groups in total. The van der Waals surface area contributed by atoms with E-state index in [1.165, 1.54) is 10.6 Å². The number of hydrogen-bond donors (Lipinski definition) is 1. The van der Waals surface area contributed by atoms with Crippen molar-refractivity contribution in [2.45, 2.75) is 27.2 Å². The van der Waals surface area contributed by atoms with Crippen LogP contribution in [0, 0.1) is 0 Å². The van der Waals surface area contributed by atoms with Gasteiger partial charge in [-0.2, -0.15) is 0 Å². The molecule has 1 aromatic rings. The predicted molar refractivity (Wildman–Crippen MR) is 65.7 cm³/mol. The van der Waals surface area contributed by atoms with Gasteiger partial charge < -0.3 is 9.88 Å². The molecule has 4 heteroatoms. The summed E-state index contributed by atoms with van der Waals surface area (Å²) in [4.78, 5) is 22.9. The van der Waals surface area contributed by atoms with Crippen LogP contribution in [0.15, 0.2) is 23.1 Å². The van der Waals surface area contributed by atoms with E-state index in [1.54, 1.807) is 19.3 Å². The molecule has 0 saturated carbocycles. The number of hydrogen-bond acceptors (Lipinski definition) is 2. The summed E-state index contributed by atoms with van der Waals surface area (Å²) in [5.41, 5.74) is -0.0652. The average Bonchev–Trinajstić information content (AvgIpc) is 2.32. The molecular weight excluding hydrogens is 204 g/mol. The second-order valence-electron chi connectivity index (χ2n) is 3.09. The van der Waals surface area contributed by atoms with Crippen LogP contribution in [-0.4, -0.2) is 17.0 Å². The van der Waals surface area contributed by atoms with E-state index in [2.05, 4.69) is 5.32 Å². The molecule has 1 aromatic heterocycles. The van der Waals surface area contributed by atoms with Crippen LogP contribution < -0.4 is 10.9 Å². The molecule has 16 heavy (non-hydrogen) atoms. The molecule has 0 unspecified atom stereocenters. The topological polar surface area (TPSA) is 51.1 Å². The summed E-state index contributed by atoms with van der Waals surface area (Å²) in [6.07, 6.45) is 2.48. The predicted octanol–water partition coefficient (Wildman–Crippen LogP) is 1.55. The summed E-state index contributed by atoms with van der Waals surface area (Å²) < 4.78 is 1.39. The first-order chi connectivity index (χ1) is 7.66. The summed E-state index contributed by atoms with van der Waals surface area (Å²) in [6.45, 7) is 6.56. The standard InChI is InChI=1S/C10H14N2O2.C2H6/c1-3-6-11-9(13)8-5-4-7-12(2)10(8)14;1-2/h4-5,7H,3,6H2,1-2H3,(H,11,13);1-2H3. The Labute approximate surface area is 96.3 Å². The fourth-order valence-corrected chi connectivity index (χ4v) is 1.10. The Morgan fingerprint density at radius 1 is 1.44 bits per heavy atom. The van der Waals surface area contributed by atoms with Gasteiger partial charge in [-0.1, -0.05) is 20.8 Å². The fourth-order valence-electron chi connectivity index (χ4n) is 1.10. The zero-order valence-electron chi connectivity index (χ0n) is 10.4. The number of carbonyl (C=O) groups is 1. The molecule has 0 aliphatic rings. The van der Waals surface area contributed by atoms with E-state index in [1.807, 2.05) is 20.8 Å². The zero-order valence-corrected chi connectivity index (χ0v) is 10.4. The van der Waals surface area contributed by atoms with E-state index >= 15 is 0 Å². The number of rotatable bonds is 3. The van der Waals surface area contributed by atoms with E-state index in [9.17, 15) is 9.59 Å². The highest BCUT2D eigenvalue weighted by Gasteiger charge is 2.09. The Hall–Kier alpha value is -1.58. The van der Waals surface area contributed by atoms with Gasteiger partial charge in [-0.3, -0.25) is 9.59 Å². The van der Waals surface area contributed by atoms with Gasteiger partial charge in [0.2, 0.25) is 0 Å². The van der Waals surface area contributed by atoms with Gasteiger partial charge in [0, 0.05) is 19.8 Å². The Morgan fingerprint density at radius 3 is 2.62 bits per heavy atom. The van der Waals surface area contributed by atoms with Crippen molar-refractivity contribution in [3.63, 3.8) is 0 Å². The van der Waals surface area contributed by atoms with Gasteiger partial charge in [0.1, 0.15) is 5.56 Å². The maximum absolute atomic E-state index is 11.5. The van der Waals surface area contributed by atoms with Gasteiger partial charge in [0.25, 0.3) is 11.5 Å². The molecule has 0 saturated heterocycles. The molecule has 0 aliphatic heterocycles. The highest BCUT2D eigenvalue weighted by Crippen LogP contribution is 1.90.